The van der Waals surface area contributed by atoms with Crippen molar-refractivity contribution in [2.45, 2.75) is 57.6 Å². The maximum absolute atomic E-state index is 13.0. The summed E-state index contributed by atoms with van der Waals surface area (Å²) in [6, 6.07) is 2.98. The Morgan fingerprint density at radius 3 is 2.57 bits per heavy atom. The van der Waals surface area contributed by atoms with Gasteiger partial charge in [0.15, 0.2) is 11.6 Å². The third-order valence-corrected chi connectivity index (χ3v) is 6.96. The first kappa shape index (κ1) is 18.9. The van der Waals surface area contributed by atoms with Gasteiger partial charge < -0.3 is 13.5 Å². The lowest BCUT2D eigenvalue weighted by atomic mass is 9.85. The average molecular weight is 406 g/mol. The van der Waals surface area contributed by atoms with Crippen LogP contribution in [0.5, 0.6) is 0 Å². The molecule has 1 aliphatic rings. The molecule has 9 nitrogen and oxygen atoms in total. The molecule has 10 heteroatoms. The van der Waals surface area contributed by atoms with Crippen molar-refractivity contribution >= 4 is 10.0 Å². The Morgan fingerprint density at radius 2 is 1.96 bits per heavy atom. The lowest BCUT2D eigenvalue weighted by Gasteiger charge is -2.20. The highest BCUT2D eigenvalue weighted by atomic mass is 32.2. The first-order valence-corrected chi connectivity index (χ1v) is 10.7. The van der Waals surface area contributed by atoms with Crippen molar-refractivity contribution in [3.63, 3.8) is 0 Å². The number of rotatable bonds is 7. The molecule has 1 fully saturated rings. The smallest absolute Gasteiger partial charge is 0.276 e. The van der Waals surface area contributed by atoms with Gasteiger partial charge in [-0.3, -0.25) is 0 Å². The SMILES string of the molecule is CCN(Cc1noc(C2CCC2)n1)S(=O)(=O)c1ccc(-c2onc(C)c2C)o1. The Bertz CT molecular complexity index is 1080. The van der Waals surface area contributed by atoms with Gasteiger partial charge in [0, 0.05) is 18.0 Å². The summed E-state index contributed by atoms with van der Waals surface area (Å²) in [6.45, 7) is 5.66. The molecule has 0 amide bonds. The minimum atomic E-state index is -3.86. The number of hydrogen-bond acceptors (Lipinski definition) is 8. The van der Waals surface area contributed by atoms with Crippen LogP contribution in [0.1, 0.15) is 55.1 Å². The van der Waals surface area contributed by atoms with Crippen LogP contribution < -0.4 is 0 Å². The van der Waals surface area contributed by atoms with E-state index in [1.807, 2.05) is 13.8 Å². The zero-order valence-electron chi connectivity index (χ0n) is 16.0. The van der Waals surface area contributed by atoms with Gasteiger partial charge in [-0.2, -0.15) is 9.29 Å². The van der Waals surface area contributed by atoms with Crippen LogP contribution in [0.2, 0.25) is 0 Å². The second-order valence-corrected chi connectivity index (χ2v) is 8.82. The largest absolute Gasteiger partial charge is 0.440 e. The van der Waals surface area contributed by atoms with E-state index in [0.717, 1.165) is 30.5 Å². The van der Waals surface area contributed by atoms with Crippen molar-refractivity contribution in [3.05, 3.63) is 35.1 Å². The molecular weight excluding hydrogens is 384 g/mol. The summed E-state index contributed by atoms with van der Waals surface area (Å²) >= 11 is 0. The Labute approximate surface area is 162 Å². The second kappa shape index (κ2) is 7.17. The lowest BCUT2D eigenvalue weighted by molar-refractivity contribution is 0.289. The normalized spacial score (nSPS) is 15.3. The highest BCUT2D eigenvalue weighted by Gasteiger charge is 2.30. The quantitative estimate of drug-likeness (QED) is 0.586. The van der Waals surface area contributed by atoms with Crippen LogP contribution in [0.15, 0.2) is 30.7 Å². The van der Waals surface area contributed by atoms with E-state index in [1.165, 1.54) is 10.4 Å². The van der Waals surface area contributed by atoms with Crippen LogP contribution in [0.4, 0.5) is 0 Å². The van der Waals surface area contributed by atoms with E-state index < -0.39 is 10.0 Å². The molecular formula is C18H22N4O5S. The number of hydrogen-bond donors (Lipinski definition) is 0. The molecule has 0 saturated heterocycles. The Kier molecular flexibility index (Phi) is 4.84. The fourth-order valence-electron chi connectivity index (χ4n) is 3.03. The predicted octanol–water partition coefficient (Wildman–Crippen LogP) is 3.41. The van der Waals surface area contributed by atoms with E-state index in [-0.39, 0.29) is 18.2 Å². The van der Waals surface area contributed by atoms with Crippen LogP contribution >= 0.6 is 0 Å². The van der Waals surface area contributed by atoms with Crippen molar-refractivity contribution in [3.8, 4) is 11.5 Å². The highest BCUT2D eigenvalue weighted by molar-refractivity contribution is 7.89. The van der Waals surface area contributed by atoms with Crippen molar-refractivity contribution in [2.75, 3.05) is 6.54 Å². The summed E-state index contributed by atoms with van der Waals surface area (Å²) < 4.78 is 43.4. The average Bonchev–Trinajstić information content (AvgIpc) is 3.33. The van der Waals surface area contributed by atoms with Gasteiger partial charge >= 0.3 is 0 Å². The maximum Gasteiger partial charge on any atom is 0.276 e. The molecule has 0 unspecified atom stereocenters. The van der Waals surface area contributed by atoms with Gasteiger partial charge in [0.1, 0.15) is 0 Å². The summed E-state index contributed by atoms with van der Waals surface area (Å²) in [7, 11) is -3.86. The molecule has 3 heterocycles. The van der Waals surface area contributed by atoms with Crippen LogP contribution in [-0.4, -0.2) is 34.6 Å². The lowest BCUT2D eigenvalue weighted by Crippen LogP contribution is -2.30. The van der Waals surface area contributed by atoms with Gasteiger partial charge in [0.25, 0.3) is 10.0 Å². The monoisotopic (exact) mass is 406 g/mol. The van der Waals surface area contributed by atoms with E-state index in [1.54, 1.807) is 13.0 Å². The van der Waals surface area contributed by atoms with Crippen molar-refractivity contribution in [1.82, 2.24) is 19.6 Å². The molecule has 0 spiro atoms. The molecule has 1 saturated carbocycles. The van der Waals surface area contributed by atoms with Crippen molar-refractivity contribution in [2.24, 2.45) is 0 Å². The van der Waals surface area contributed by atoms with Crippen LogP contribution in [0.25, 0.3) is 11.5 Å². The van der Waals surface area contributed by atoms with E-state index >= 15 is 0 Å². The summed E-state index contributed by atoms with van der Waals surface area (Å²) in [4.78, 5) is 4.36. The number of aromatic nitrogens is 3. The minimum Gasteiger partial charge on any atom is -0.440 e. The Hall–Kier alpha value is -2.46. The molecule has 3 aromatic rings. The molecule has 0 atom stereocenters. The van der Waals surface area contributed by atoms with Gasteiger partial charge in [0.05, 0.1) is 12.2 Å². The molecule has 0 aromatic carbocycles. The van der Waals surface area contributed by atoms with Crippen LogP contribution in [-0.2, 0) is 16.6 Å². The van der Waals surface area contributed by atoms with Gasteiger partial charge in [-0.05, 0) is 38.8 Å². The molecule has 28 heavy (non-hydrogen) atoms. The fraction of sp³-hybridized carbons (Fsp3) is 0.500. The number of aryl methyl sites for hydroxylation is 1. The molecule has 1 aliphatic carbocycles. The highest BCUT2D eigenvalue weighted by Crippen LogP contribution is 2.35. The summed E-state index contributed by atoms with van der Waals surface area (Å²) in [5.41, 5.74) is 1.53. The Morgan fingerprint density at radius 1 is 1.18 bits per heavy atom. The number of furan rings is 1. The minimum absolute atomic E-state index is 0.0194. The standard InChI is InChI=1S/C18H22N4O5S/c1-4-22(10-15-19-18(27-21-15)13-6-5-7-13)28(23,24)16-9-8-14(25-16)17-11(2)12(3)20-26-17/h8-9,13H,4-7,10H2,1-3H3. The van der Waals surface area contributed by atoms with E-state index in [4.69, 9.17) is 13.5 Å². The van der Waals surface area contributed by atoms with Crippen LogP contribution in [0.3, 0.4) is 0 Å². The van der Waals surface area contributed by atoms with Crippen LogP contribution in [0, 0.1) is 13.8 Å². The molecule has 0 radical (unpaired) electrons. The first-order valence-electron chi connectivity index (χ1n) is 9.26. The zero-order valence-corrected chi connectivity index (χ0v) is 16.8. The zero-order chi connectivity index (χ0) is 19.9. The van der Waals surface area contributed by atoms with Gasteiger partial charge in [-0.25, -0.2) is 8.42 Å². The van der Waals surface area contributed by atoms with E-state index in [2.05, 4.69) is 15.3 Å². The first-order chi connectivity index (χ1) is 13.4. The number of nitrogens with zero attached hydrogens (tertiary/aromatic N) is 4. The van der Waals surface area contributed by atoms with Crippen molar-refractivity contribution in [1.29, 1.82) is 0 Å². The summed E-state index contributed by atoms with van der Waals surface area (Å²) in [6.07, 6.45) is 3.23. The molecule has 150 valence electrons. The molecule has 4 rings (SSSR count). The van der Waals surface area contributed by atoms with E-state index in [0.29, 0.717) is 29.2 Å². The molecule has 0 aliphatic heterocycles. The fourth-order valence-corrected chi connectivity index (χ4v) is 4.35. The third kappa shape index (κ3) is 3.26. The summed E-state index contributed by atoms with van der Waals surface area (Å²) in [5.74, 6) is 1.98. The van der Waals surface area contributed by atoms with Gasteiger partial charge in [-0.1, -0.05) is 23.7 Å². The molecule has 0 bridgehead atoms. The second-order valence-electron chi connectivity index (χ2n) is 6.95. The Balaban J connectivity index is 1.55. The summed E-state index contributed by atoms with van der Waals surface area (Å²) in [5, 5.41) is 7.65. The van der Waals surface area contributed by atoms with Gasteiger partial charge in [-0.15, -0.1) is 0 Å². The van der Waals surface area contributed by atoms with Crippen molar-refractivity contribution < 1.29 is 21.9 Å². The predicted molar refractivity (Wildman–Crippen MR) is 97.8 cm³/mol. The molecule has 3 aromatic heterocycles. The molecule has 0 N–H and O–H groups in total. The third-order valence-electron chi connectivity index (χ3n) is 5.17. The van der Waals surface area contributed by atoms with Gasteiger partial charge in [0.2, 0.25) is 16.7 Å². The van der Waals surface area contributed by atoms with E-state index in [9.17, 15) is 8.42 Å². The topological polar surface area (TPSA) is 115 Å². The maximum atomic E-state index is 13.0. The number of sulfonamides is 1.